The van der Waals surface area contributed by atoms with Gasteiger partial charge in [0.1, 0.15) is 12.3 Å². The molecule has 0 bridgehead atoms. The van der Waals surface area contributed by atoms with E-state index in [4.69, 9.17) is 15.7 Å². The summed E-state index contributed by atoms with van der Waals surface area (Å²) in [5, 5.41) is 37.1. The van der Waals surface area contributed by atoms with E-state index < -0.39 is 11.1 Å². The summed E-state index contributed by atoms with van der Waals surface area (Å²) in [6.07, 6.45) is 6.41. The first-order chi connectivity index (χ1) is 14.2. The molecule has 3 N–H and O–H groups in total. The molecule has 1 aliphatic carbocycles. The van der Waals surface area contributed by atoms with Gasteiger partial charge in [0.2, 0.25) is 5.88 Å². The van der Waals surface area contributed by atoms with Crippen LogP contribution in [0.3, 0.4) is 0 Å². The Labute approximate surface area is 173 Å². The smallest absolute Gasteiger partial charge is 0.233 e. The molecule has 1 saturated carbocycles. The second-order valence-electron chi connectivity index (χ2n) is 8.36. The maximum atomic E-state index is 9.94. The standard InChI is InChI=1S/C20H22N8O2/c1-19(2,29)12-30-16-11-27-15(3-6-24-27)17(25-16)14-10-28(26-18(14)23)20(4-5-21)7-13(8-20)9-22/h3,6,10-11,13,29H,4,7-8,12H2,1-2H3,(H2,23,26). The van der Waals surface area contributed by atoms with Crippen molar-refractivity contribution in [1.29, 1.82) is 10.5 Å². The molecule has 3 aromatic rings. The van der Waals surface area contributed by atoms with Crippen molar-refractivity contribution in [3.63, 3.8) is 0 Å². The van der Waals surface area contributed by atoms with E-state index in [2.05, 4.69) is 27.3 Å². The molecular formula is C20H22N8O2. The predicted molar refractivity (Wildman–Crippen MR) is 107 cm³/mol. The molecule has 0 unspecified atom stereocenters. The maximum absolute atomic E-state index is 9.94. The van der Waals surface area contributed by atoms with E-state index in [1.807, 2.05) is 0 Å². The number of aromatic nitrogens is 5. The van der Waals surface area contributed by atoms with E-state index in [9.17, 15) is 10.4 Å². The van der Waals surface area contributed by atoms with Gasteiger partial charge in [-0.3, -0.25) is 4.68 Å². The lowest BCUT2D eigenvalue weighted by Crippen LogP contribution is -2.46. The molecule has 0 atom stereocenters. The van der Waals surface area contributed by atoms with Crippen LogP contribution < -0.4 is 10.5 Å². The zero-order valence-electron chi connectivity index (χ0n) is 16.8. The summed E-state index contributed by atoms with van der Waals surface area (Å²) in [4.78, 5) is 4.58. The number of rotatable bonds is 6. The van der Waals surface area contributed by atoms with Gasteiger partial charge in [-0.1, -0.05) is 0 Å². The number of nitriles is 2. The molecule has 10 heteroatoms. The fraction of sp³-hybridized carbons (Fsp3) is 0.450. The van der Waals surface area contributed by atoms with E-state index in [0.29, 0.717) is 24.1 Å². The summed E-state index contributed by atoms with van der Waals surface area (Å²) in [7, 11) is 0. The molecule has 0 radical (unpaired) electrons. The average molecular weight is 406 g/mol. The molecule has 3 aromatic heterocycles. The molecule has 3 heterocycles. The van der Waals surface area contributed by atoms with Crippen molar-refractivity contribution >= 4 is 11.3 Å². The van der Waals surface area contributed by atoms with Crippen molar-refractivity contribution in [1.82, 2.24) is 24.4 Å². The average Bonchev–Trinajstić information content (AvgIpc) is 3.28. The van der Waals surface area contributed by atoms with Gasteiger partial charge in [-0.25, -0.2) is 9.50 Å². The topological polar surface area (TPSA) is 151 Å². The van der Waals surface area contributed by atoms with Crippen molar-refractivity contribution in [2.24, 2.45) is 5.92 Å². The summed E-state index contributed by atoms with van der Waals surface area (Å²) in [6.45, 7) is 3.34. The Hall–Kier alpha value is -3.63. The van der Waals surface area contributed by atoms with Crippen LogP contribution in [0.25, 0.3) is 16.8 Å². The highest BCUT2D eigenvalue weighted by atomic mass is 16.5. The number of ether oxygens (including phenoxy) is 1. The number of hydrogen-bond acceptors (Lipinski definition) is 8. The van der Waals surface area contributed by atoms with Crippen LogP contribution in [0.15, 0.2) is 24.7 Å². The number of aliphatic hydroxyl groups is 1. The second-order valence-corrected chi connectivity index (χ2v) is 8.36. The van der Waals surface area contributed by atoms with Crippen molar-refractivity contribution in [2.45, 2.75) is 44.2 Å². The van der Waals surface area contributed by atoms with E-state index >= 15 is 0 Å². The molecule has 0 aliphatic heterocycles. The quantitative estimate of drug-likeness (QED) is 0.629. The minimum absolute atomic E-state index is 0.0573. The third kappa shape index (κ3) is 3.42. The molecular weight excluding hydrogens is 384 g/mol. The Kier molecular flexibility index (Phi) is 4.60. The lowest BCUT2D eigenvalue weighted by atomic mass is 9.67. The molecule has 0 saturated heterocycles. The minimum Gasteiger partial charge on any atom is -0.474 e. The van der Waals surface area contributed by atoms with Crippen LogP contribution in [-0.2, 0) is 5.54 Å². The zero-order valence-corrected chi connectivity index (χ0v) is 16.8. The molecule has 1 fully saturated rings. The van der Waals surface area contributed by atoms with Gasteiger partial charge < -0.3 is 15.6 Å². The predicted octanol–water partition coefficient (Wildman–Crippen LogP) is 1.87. The van der Waals surface area contributed by atoms with E-state index in [-0.39, 0.29) is 30.6 Å². The fourth-order valence-corrected chi connectivity index (χ4v) is 3.74. The Morgan fingerprint density at radius 3 is 2.80 bits per heavy atom. The van der Waals surface area contributed by atoms with Gasteiger partial charge in [0, 0.05) is 6.20 Å². The summed E-state index contributed by atoms with van der Waals surface area (Å²) in [5.74, 6) is 0.462. The van der Waals surface area contributed by atoms with E-state index in [1.165, 1.54) is 0 Å². The molecule has 10 nitrogen and oxygen atoms in total. The van der Waals surface area contributed by atoms with Crippen molar-refractivity contribution in [3.8, 4) is 29.3 Å². The largest absolute Gasteiger partial charge is 0.474 e. The normalized spacial score (nSPS) is 21.0. The number of nitrogens with two attached hydrogens (primary N) is 1. The van der Waals surface area contributed by atoms with Gasteiger partial charge in [-0.05, 0) is 32.8 Å². The lowest BCUT2D eigenvalue weighted by Gasteiger charge is -2.43. The number of fused-ring (bicyclic) bond motifs is 1. The van der Waals surface area contributed by atoms with Crippen molar-refractivity contribution in [3.05, 3.63) is 24.7 Å². The molecule has 4 rings (SSSR count). The minimum atomic E-state index is -1.02. The lowest BCUT2D eigenvalue weighted by molar-refractivity contribution is 0.0267. The Bertz CT molecular complexity index is 1170. The van der Waals surface area contributed by atoms with Gasteiger partial charge in [0.15, 0.2) is 5.82 Å². The number of hydrogen-bond donors (Lipinski definition) is 2. The maximum Gasteiger partial charge on any atom is 0.233 e. The highest BCUT2D eigenvalue weighted by Crippen LogP contribution is 2.47. The van der Waals surface area contributed by atoms with Crippen LogP contribution in [-0.4, -0.2) is 41.7 Å². The third-order valence-corrected chi connectivity index (χ3v) is 5.27. The van der Waals surface area contributed by atoms with Gasteiger partial charge in [-0.15, -0.1) is 0 Å². The number of nitrogens with zero attached hydrogens (tertiary/aromatic N) is 7. The first-order valence-electron chi connectivity index (χ1n) is 9.57. The SMILES string of the molecule is CC(C)(O)COc1cn2nccc2c(-c2cn(C3(CC#N)CC(C#N)C3)nc2N)n1. The second kappa shape index (κ2) is 7.01. The molecule has 0 amide bonds. The van der Waals surface area contributed by atoms with Crippen LogP contribution in [0, 0.1) is 28.6 Å². The van der Waals surface area contributed by atoms with Gasteiger partial charge >= 0.3 is 0 Å². The molecule has 0 aromatic carbocycles. The molecule has 1 aliphatic rings. The summed E-state index contributed by atoms with van der Waals surface area (Å²) < 4.78 is 8.98. The number of anilines is 1. The zero-order chi connectivity index (χ0) is 21.5. The van der Waals surface area contributed by atoms with Crippen molar-refractivity contribution < 1.29 is 9.84 Å². The van der Waals surface area contributed by atoms with Crippen molar-refractivity contribution in [2.75, 3.05) is 12.3 Å². The Morgan fingerprint density at radius 1 is 1.37 bits per heavy atom. The highest BCUT2D eigenvalue weighted by molar-refractivity contribution is 5.82. The summed E-state index contributed by atoms with van der Waals surface area (Å²) in [6, 6.07) is 6.26. The Morgan fingerprint density at radius 2 is 2.13 bits per heavy atom. The fourth-order valence-electron chi connectivity index (χ4n) is 3.74. The number of nitrogen functional groups attached to an aromatic ring is 1. The summed E-state index contributed by atoms with van der Waals surface area (Å²) >= 11 is 0. The van der Waals surface area contributed by atoms with E-state index in [0.717, 1.165) is 5.52 Å². The van der Waals surface area contributed by atoms with Gasteiger partial charge in [0.05, 0.1) is 59.1 Å². The van der Waals surface area contributed by atoms with Crippen LogP contribution in [0.5, 0.6) is 5.88 Å². The van der Waals surface area contributed by atoms with Gasteiger partial charge in [-0.2, -0.15) is 20.7 Å². The van der Waals surface area contributed by atoms with Crippen LogP contribution in [0.1, 0.15) is 33.1 Å². The summed E-state index contributed by atoms with van der Waals surface area (Å²) in [5.41, 5.74) is 6.52. The monoisotopic (exact) mass is 406 g/mol. The van der Waals surface area contributed by atoms with Crippen LogP contribution >= 0.6 is 0 Å². The molecule has 154 valence electrons. The van der Waals surface area contributed by atoms with Gasteiger partial charge in [0.25, 0.3) is 0 Å². The third-order valence-electron chi connectivity index (χ3n) is 5.27. The first-order valence-corrected chi connectivity index (χ1v) is 9.57. The van der Waals surface area contributed by atoms with Crippen LogP contribution in [0.4, 0.5) is 5.82 Å². The molecule has 0 spiro atoms. The van der Waals surface area contributed by atoms with E-state index in [1.54, 1.807) is 47.7 Å². The first kappa shape index (κ1) is 19.7. The molecule has 30 heavy (non-hydrogen) atoms. The van der Waals surface area contributed by atoms with Crippen LogP contribution in [0.2, 0.25) is 0 Å². The Balaban J connectivity index is 1.75. The highest BCUT2D eigenvalue weighted by Gasteiger charge is 2.47.